The minimum Gasteiger partial charge on any atom is -0.341 e. The van der Waals surface area contributed by atoms with Crippen LogP contribution >= 0.6 is 15.9 Å². The van der Waals surface area contributed by atoms with Gasteiger partial charge >= 0.3 is 0 Å². The third kappa shape index (κ3) is 5.11. The zero-order valence-electron chi connectivity index (χ0n) is 16.6. The van der Waals surface area contributed by atoms with E-state index in [4.69, 9.17) is 0 Å². The molecule has 2 heterocycles. The molecule has 0 aromatic heterocycles. The molecule has 2 aliphatic heterocycles. The number of piperidine rings is 1. The number of carbonyl (C=O) groups excluding carboxylic acids is 2. The lowest BCUT2D eigenvalue weighted by molar-refractivity contribution is -0.135. The topological polar surface area (TPSA) is 43.9 Å². The quantitative estimate of drug-likeness (QED) is 0.732. The van der Waals surface area contributed by atoms with Crippen molar-refractivity contribution < 1.29 is 9.59 Å². The highest BCUT2D eigenvalue weighted by Crippen LogP contribution is 2.21. The van der Waals surface area contributed by atoms with Gasteiger partial charge in [-0.25, -0.2) is 0 Å². The SMILES string of the molecule is Cc1cc(Br)ccc1C(=O)N1CCN(CC(=O)N2CC(C)CC(C)C2)CC1. The van der Waals surface area contributed by atoms with Gasteiger partial charge in [-0.15, -0.1) is 0 Å². The minimum atomic E-state index is 0.0876. The van der Waals surface area contributed by atoms with Crippen LogP contribution in [0.25, 0.3) is 0 Å². The van der Waals surface area contributed by atoms with Crippen LogP contribution in [-0.2, 0) is 4.79 Å². The Kier molecular flexibility index (Phi) is 6.58. The molecule has 0 N–H and O–H groups in total. The summed E-state index contributed by atoms with van der Waals surface area (Å²) in [6, 6.07) is 5.77. The van der Waals surface area contributed by atoms with Crippen LogP contribution in [0.3, 0.4) is 0 Å². The van der Waals surface area contributed by atoms with Crippen LogP contribution in [0.15, 0.2) is 22.7 Å². The summed E-state index contributed by atoms with van der Waals surface area (Å²) in [6.45, 7) is 11.5. The maximum absolute atomic E-state index is 12.8. The highest BCUT2D eigenvalue weighted by atomic mass is 79.9. The summed E-state index contributed by atoms with van der Waals surface area (Å²) < 4.78 is 0.987. The molecule has 0 spiro atoms. The second-order valence-corrected chi connectivity index (χ2v) is 9.19. The molecule has 2 fully saturated rings. The van der Waals surface area contributed by atoms with Crippen molar-refractivity contribution in [1.82, 2.24) is 14.7 Å². The number of rotatable bonds is 3. The molecule has 0 aliphatic carbocycles. The van der Waals surface area contributed by atoms with Gasteiger partial charge in [0.25, 0.3) is 5.91 Å². The first-order chi connectivity index (χ1) is 12.8. The lowest BCUT2D eigenvalue weighted by Gasteiger charge is -2.38. The number of halogens is 1. The predicted molar refractivity (Wildman–Crippen MR) is 111 cm³/mol. The highest BCUT2D eigenvalue weighted by Gasteiger charge is 2.28. The third-order valence-corrected chi connectivity index (χ3v) is 6.15. The van der Waals surface area contributed by atoms with E-state index >= 15 is 0 Å². The van der Waals surface area contributed by atoms with Gasteiger partial charge in [0.15, 0.2) is 0 Å². The van der Waals surface area contributed by atoms with E-state index in [9.17, 15) is 9.59 Å². The van der Waals surface area contributed by atoms with Crippen molar-refractivity contribution in [3.05, 3.63) is 33.8 Å². The number of nitrogens with zero attached hydrogens (tertiary/aromatic N) is 3. The van der Waals surface area contributed by atoms with E-state index in [0.29, 0.717) is 31.5 Å². The zero-order chi connectivity index (χ0) is 19.6. The number of carbonyl (C=O) groups is 2. The summed E-state index contributed by atoms with van der Waals surface area (Å²) in [5, 5.41) is 0. The van der Waals surface area contributed by atoms with Crippen LogP contribution in [0.1, 0.15) is 36.2 Å². The van der Waals surface area contributed by atoms with Gasteiger partial charge in [0.2, 0.25) is 5.91 Å². The van der Waals surface area contributed by atoms with E-state index in [-0.39, 0.29) is 11.8 Å². The molecule has 27 heavy (non-hydrogen) atoms. The molecule has 3 rings (SSSR count). The Morgan fingerprint density at radius 1 is 1.04 bits per heavy atom. The molecule has 0 bridgehead atoms. The average Bonchev–Trinajstić information content (AvgIpc) is 2.61. The molecule has 2 saturated heterocycles. The molecule has 148 valence electrons. The molecular formula is C21H30BrN3O2. The Balaban J connectivity index is 1.51. The van der Waals surface area contributed by atoms with Gasteiger partial charge in [-0.05, 0) is 48.9 Å². The second kappa shape index (κ2) is 8.74. The predicted octanol–water partition coefficient (Wildman–Crippen LogP) is 3.02. The van der Waals surface area contributed by atoms with E-state index in [1.54, 1.807) is 0 Å². The van der Waals surface area contributed by atoms with E-state index in [1.807, 2.05) is 34.9 Å². The summed E-state index contributed by atoms with van der Waals surface area (Å²) in [5.41, 5.74) is 1.75. The Morgan fingerprint density at radius 2 is 1.67 bits per heavy atom. The molecule has 2 unspecified atom stereocenters. The zero-order valence-corrected chi connectivity index (χ0v) is 18.2. The third-order valence-electron chi connectivity index (χ3n) is 5.66. The Labute approximate surface area is 170 Å². The summed E-state index contributed by atoms with van der Waals surface area (Å²) in [6.07, 6.45) is 1.21. The standard InChI is InChI=1S/C21H30BrN3O2/c1-15-10-16(2)13-25(12-15)20(26)14-23-6-8-24(9-7-23)21(27)19-5-4-18(22)11-17(19)3/h4-5,11,15-16H,6-10,12-14H2,1-3H3. The fraction of sp³-hybridized carbons (Fsp3) is 0.619. The van der Waals surface area contributed by atoms with Gasteiger partial charge in [-0.2, -0.15) is 0 Å². The van der Waals surface area contributed by atoms with Gasteiger partial charge in [-0.3, -0.25) is 14.5 Å². The van der Waals surface area contributed by atoms with E-state index in [2.05, 4.69) is 34.7 Å². The average molecular weight is 436 g/mol. The smallest absolute Gasteiger partial charge is 0.254 e. The first kappa shape index (κ1) is 20.3. The van der Waals surface area contributed by atoms with Crippen molar-refractivity contribution >= 4 is 27.7 Å². The molecule has 6 heteroatoms. The number of hydrogen-bond donors (Lipinski definition) is 0. The fourth-order valence-corrected chi connectivity index (χ4v) is 4.78. The number of aryl methyl sites for hydroxylation is 1. The second-order valence-electron chi connectivity index (χ2n) is 8.27. The summed E-state index contributed by atoms with van der Waals surface area (Å²) in [4.78, 5) is 31.6. The van der Waals surface area contributed by atoms with Gasteiger partial charge in [0.1, 0.15) is 0 Å². The molecule has 0 saturated carbocycles. The van der Waals surface area contributed by atoms with Crippen molar-refractivity contribution in [2.45, 2.75) is 27.2 Å². The normalized spacial score (nSPS) is 24.1. The first-order valence-electron chi connectivity index (χ1n) is 9.89. The van der Waals surface area contributed by atoms with Crippen molar-refractivity contribution in [2.24, 2.45) is 11.8 Å². The number of likely N-dealkylation sites (tertiary alicyclic amines) is 1. The van der Waals surface area contributed by atoms with Crippen LogP contribution in [0.4, 0.5) is 0 Å². The van der Waals surface area contributed by atoms with Crippen molar-refractivity contribution in [3.63, 3.8) is 0 Å². The molecular weight excluding hydrogens is 406 g/mol. The molecule has 2 amide bonds. The molecule has 1 aromatic carbocycles. The van der Waals surface area contributed by atoms with Crippen molar-refractivity contribution in [2.75, 3.05) is 45.8 Å². The highest BCUT2D eigenvalue weighted by molar-refractivity contribution is 9.10. The van der Waals surface area contributed by atoms with Crippen LogP contribution in [0, 0.1) is 18.8 Å². The molecule has 2 atom stereocenters. The van der Waals surface area contributed by atoms with Gasteiger partial charge in [0, 0.05) is 49.3 Å². The van der Waals surface area contributed by atoms with Crippen LogP contribution in [-0.4, -0.2) is 72.3 Å². The largest absolute Gasteiger partial charge is 0.341 e. The molecule has 5 nitrogen and oxygen atoms in total. The van der Waals surface area contributed by atoms with Crippen molar-refractivity contribution in [1.29, 1.82) is 0 Å². The Bertz CT molecular complexity index is 691. The molecule has 0 radical (unpaired) electrons. The number of hydrogen-bond acceptors (Lipinski definition) is 3. The monoisotopic (exact) mass is 435 g/mol. The van der Waals surface area contributed by atoms with E-state index in [1.165, 1.54) is 6.42 Å². The van der Waals surface area contributed by atoms with Crippen molar-refractivity contribution in [3.8, 4) is 0 Å². The van der Waals surface area contributed by atoms with Gasteiger partial charge in [0.05, 0.1) is 6.54 Å². The Hall–Kier alpha value is -1.40. The summed E-state index contributed by atoms with van der Waals surface area (Å²) in [5.74, 6) is 1.49. The maximum Gasteiger partial charge on any atom is 0.254 e. The lowest BCUT2D eigenvalue weighted by atomic mass is 9.92. The Morgan fingerprint density at radius 3 is 2.26 bits per heavy atom. The minimum absolute atomic E-state index is 0.0876. The van der Waals surface area contributed by atoms with Crippen LogP contribution in [0.2, 0.25) is 0 Å². The van der Waals surface area contributed by atoms with E-state index < -0.39 is 0 Å². The molecule has 1 aromatic rings. The number of benzene rings is 1. The summed E-state index contributed by atoms with van der Waals surface area (Å²) in [7, 11) is 0. The van der Waals surface area contributed by atoms with Gasteiger partial charge in [-0.1, -0.05) is 29.8 Å². The van der Waals surface area contributed by atoms with Gasteiger partial charge < -0.3 is 9.80 Å². The fourth-order valence-electron chi connectivity index (χ4n) is 4.30. The van der Waals surface area contributed by atoms with Crippen LogP contribution in [0.5, 0.6) is 0 Å². The summed E-state index contributed by atoms with van der Waals surface area (Å²) >= 11 is 3.44. The first-order valence-corrected chi connectivity index (χ1v) is 10.7. The van der Waals surface area contributed by atoms with Crippen LogP contribution < -0.4 is 0 Å². The number of amides is 2. The van der Waals surface area contributed by atoms with E-state index in [0.717, 1.165) is 41.8 Å². The lowest BCUT2D eigenvalue weighted by Crippen LogP contribution is -2.53. The maximum atomic E-state index is 12.8. The number of piperazine rings is 1. The molecule has 2 aliphatic rings.